The Kier molecular flexibility index (Phi) is 6.65. The van der Waals surface area contributed by atoms with Crippen LogP contribution in [-0.4, -0.2) is 49.3 Å². The molecule has 0 spiro atoms. The van der Waals surface area contributed by atoms with Gasteiger partial charge < -0.3 is 15.2 Å². The lowest BCUT2D eigenvalue weighted by Crippen LogP contribution is -2.29. The summed E-state index contributed by atoms with van der Waals surface area (Å²) in [5, 5.41) is 3.37. The summed E-state index contributed by atoms with van der Waals surface area (Å²) in [7, 11) is -3.19. The molecule has 0 bridgehead atoms. The standard InChI is InChI=1S/C25H29N5O2S/c1-4-14-30(20-7-9-21(10-8-20)33(3,31)32)15-13-26-24-12-6-19(17-27-24)25-28-22-11-5-18(2)16-23(22)29-25/h5-12,16-17H,4,13-15H2,1-3H3,(H,26,27)(H,28,29). The van der Waals surface area contributed by atoms with Crippen molar-refractivity contribution < 1.29 is 8.42 Å². The number of H-pyrrole nitrogens is 1. The van der Waals surface area contributed by atoms with E-state index in [1.165, 1.54) is 11.8 Å². The van der Waals surface area contributed by atoms with E-state index in [2.05, 4.69) is 51.1 Å². The zero-order valence-electron chi connectivity index (χ0n) is 19.2. The average Bonchev–Trinajstić information content (AvgIpc) is 3.22. The number of aromatic nitrogens is 3. The summed E-state index contributed by atoms with van der Waals surface area (Å²) >= 11 is 0. The van der Waals surface area contributed by atoms with Gasteiger partial charge in [0.05, 0.1) is 15.9 Å². The quantitative estimate of drug-likeness (QED) is 0.375. The highest BCUT2D eigenvalue weighted by Gasteiger charge is 2.10. The number of anilines is 2. The van der Waals surface area contributed by atoms with Crippen molar-refractivity contribution in [2.75, 3.05) is 36.1 Å². The minimum absolute atomic E-state index is 0.338. The molecule has 0 fully saturated rings. The summed E-state index contributed by atoms with van der Waals surface area (Å²) in [6.07, 6.45) is 4.04. The second-order valence-electron chi connectivity index (χ2n) is 8.22. The SMILES string of the molecule is CCCN(CCNc1ccc(-c2nc3ccc(C)cc3[nH]2)cn1)c1ccc(S(C)(=O)=O)cc1. The molecule has 0 saturated heterocycles. The number of nitrogens with zero attached hydrogens (tertiary/aromatic N) is 3. The van der Waals surface area contributed by atoms with Gasteiger partial charge in [-0.15, -0.1) is 0 Å². The molecule has 2 N–H and O–H groups in total. The van der Waals surface area contributed by atoms with Gasteiger partial charge in [-0.05, 0) is 67.4 Å². The Balaban J connectivity index is 1.38. The first kappa shape index (κ1) is 22.8. The van der Waals surface area contributed by atoms with Gasteiger partial charge in [0.25, 0.3) is 0 Å². The maximum absolute atomic E-state index is 11.7. The Morgan fingerprint density at radius 1 is 1.03 bits per heavy atom. The number of rotatable bonds is 9. The van der Waals surface area contributed by atoms with E-state index in [9.17, 15) is 8.42 Å². The zero-order chi connectivity index (χ0) is 23.4. The molecule has 33 heavy (non-hydrogen) atoms. The summed E-state index contributed by atoms with van der Waals surface area (Å²) in [6.45, 7) is 6.57. The van der Waals surface area contributed by atoms with Crippen molar-refractivity contribution in [1.82, 2.24) is 15.0 Å². The van der Waals surface area contributed by atoms with Gasteiger partial charge in [-0.2, -0.15) is 0 Å². The number of aryl methyl sites for hydroxylation is 1. The molecule has 4 aromatic rings. The monoisotopic (exact) mass is 463 g/mol. The number of aromatic amines is 1. The van der Waals surface area contributed by atoms with E-state index in [4.69, 9.17) is 0 Å². The van der Waals surface area contributed by atoms with E-state index in [1.807, 2.05) is 36.5 Å². The van der Waals surface area contributed by atoms with Crippen LogP contribution in [0.1, 0.15) is 18.9 Å². The topological polar surface area (TPSA) is 91.0 Å². The Hall–Kier alpha value is -3.39. The molecule has 2 heterocycles. The number of benzene rings is 2. The molecule has 2 aromatic carbocycles. The van der Waals surface area contributed by atoms with Crippen molar-refractivity contribution in [2.24, 2.45) is 0 Å². The minimum atomic E-state index is -3.19. The molecule has 0 saturated carbocycles. The van der Waals surface area contributed by atoms with Crippen LogP contribution in [0.2, 0.25) is 0 Å². The average molecular weight is 464 g/mol. The predicted molar refractivity (Wildman–Crippen MR) is 135 cm³/mol. The Morgan fingerprint density at radius 2 is 1.82 bits per heavy atom. The number of nitrogens with one attached hydrogen (secondary N) is 2. The fourth-order valence-electron chi connectivity index (χ4n) is 3.76. The van der Waals surface area contributed by atoms with Gasteiger partial charge in [0.2, 0.25) is 0 Å². The zero-order valence-corrected chi connectivity index (χ0v) is 20.0. The van der Waals surface area contributed by atoms with Gasteiger partial charge >= 0.3 is 0 Å². The molecule has 0 aliphatic carbocycles. The van der Waals surface area contributed by atoms with E-state index in [0.717, 1.165) is 53.4 Å². The van der Waals surface area contributed by atoms with E-state index in [-0.39, 0.29) is 0 Å². The third-order valence-electron chi connectivity index (χ3n) is 5.49. The molecule has 172 valence electrons. The summed E-state index contributed by atoms with van der Waals surface area (Å²) in [5.74, 6) is 1.61. The lowest BCUT2D eigenvalue weighted by Gasteiger charge is -2.24. The van der Waals surface area contributed by atoms with Crippen LogP contribution in [0, 0.1) is 6.92 Å². The van der Waals surface area contributed by atoms with Crippen LogP contribution in [-0.2, 0) is 9.84 Å². The molecule has 2 aromatic heterocycles. The van der Waals surface area contributed by atoms with Crippen LogP contribution >= 0.6 is 0 Å². The number of fused-ring (bicyclic) bond motifs is 1. The maximum atomic E-state index is 11.7. The van der Waals surface area contributed by atoms with Crippen molar-refractivity contribution in [3.05, 3.63) is 66.4 Å². The van der Waals surface area contributed by atoms with Crippen molar-refractivity contribution in [3.63, 3.8) is 0 Å². The first-order valence-electron chi connectivity index (χ1n) is 11.1. The predicted octanol–water partition coefficient (Wildman–Crippen LogP) is 4.67. The van der Waals surface area contributed by atoms with E-state index >= 15 is 0 Å². The molecular formula is C25H29N5O2S. The number of hydrogen-bond donors (Lipinski definition) is 2. The lowest BCUT2D eigenvalue weighted by molar-refractivity contribution is 0.602. The second-order valence-corrected chi connectivity index (χ2v) is 10.2. The fourth-order valence-corrected chi connectivity index (χ4v) is 4.39. The van der Waals surface area contributed by atoms with Crippen molar-refractivity contribution >= 4 is 32.4 Å². The van der Waals surface area contributed by atoms with Gasteiger partial charge in [0, 0.05) is 43.3 Å². The highest BCUT2D eigenvalue weighted by molar-refractivity contribution is 7.90. The largest absolute Gasteiger partial charge is 0.370 e. The van der Waals surface area contributed by atoms with Crippen LogP contribution in [0.5, 0.6) is 0 Å². The first-order chi connectivity index (χ1) is 15.8. The summed E-state index contributed by atoms with van der Waals surface area (Å²) in [5.41, 5.74) is 5.10. The number of sulfone groups is 1. The number of hydrogen-bond acceptors (Lipinski definition) is 6. The van der Waals surface area contributed by atoms with Crippen molar-refractivity contribution in [3.8, 4) is 11.4 Å². The summed E-state index contributed by atoms with van der Waals surface area (Å²) in [6, 6.07) is 17.2. The summed E-state index contributed by atoms with van der Waals surface area (Å²) < 4.78 is 23.4. The van der Waals surface area contributed by atoms with Crippen LogP contribution in [0.15, 0.2) is 65.7 Å². The molecule has 0 amide bonds. The summed E-state index contributed by atoms with van der Waals surface area (Å²) in [4.78, 5) is 15.1. The third-order valence-corrected chi connectivity index (χ3v) is 6.61. The molecule has 8 heteroatoms. The second kappa shape index (κ2) is 9.62. The van der Waals surface area contributed by atoms with E-state index < -0.39 is 9.84 Å². The fraction of sp³-hybridized carbons (Fsp3) is 0.280. The minimum Gasteiger partial charge on any atom is -0.370 e. The van der Waals surface area contributed by atoms with Crippen LogP contribution in [0.3, 0.4) is 0 Å². The normalized spacial score (nSPS) is 11.6. The van der Waals surface area contributed by atoms with Gasteiger partial charge in [-0.3, -0.25) is 0 Å². The van der Waals surface area contributed by atoms with Gasteiger partial charge in [-0.1, -0.05) is 13.0 Å². The van der Waals surface area contributed by atoms with Crippen molar-refractivity contribution in [1.29, 1.82) is 0 Å². The van der Waals surface area contributed by atoms with E-state index in [1.54, 1.807) is 12.1 Å². The first-order valence-corrected chi connectivity index (χ1v) is 12.9. The van der Waals surface area contributed by atoms with E-state index in [0.29, 0.717) is 11.4 Å². The molecular weight excluding hydrogens is 434 g/mol. The molecule has 0 aliphatic heterocycles. The molecule has 4 rings (SSSR count). The van der Waals surface area contributed by atoms with Gasteiger partial charge in [0.15, 0.2) is 9.84 Å². The lowest BCUT2D eigenvalue weighted by atomic mass is 10.2. The van der Waals surface area contributed by atoms with Crippen LogP contribution < -0.4 is 10.2 Å². The number of pyridine rings is 1. The molecule has 0 unspecified atom stereocenters. The highest BCUT2D eigenvalue weighted by Crippen LogP contribution is 2.22. The van der Waals surface area contributed by atoms with Crippen LogP contribution in [0.25, 0.3) is 22.4 Å². The van der Waals surface area contributed by atoms with Crippen molar-refractivity contribution in [2.45, 2.75) is 25.2 Å². The Labute approximate surface area is 194 Å². The Morgan fingerprint density at radius 3 is 2.48 bits per heavy atom. The Bertz CT molecular complexity index is 1330. The van der Waals surface area contributed by atoms with Gasteiger partial charge in [0.1, 0.15) is 11.6 Å². The molecule has 7 nitrogen and oxygen atoms in total. The highest BCUT2D eigenvalue weighted by atomic mass is 32.2. The third kappa shape index (κ3) is 5.51. The maximum Gasteiger partial charge on any atom is 0.175 e. The molecule has 0 radical (unpaired) electrons. The molecule has 0 aliphatic rings. The molecule has 0 atom stereocenters. The van der Waals surface area contributed by atoms with Crippen LogP contribution in [0.4, 0.5) is 11.5 Å². The number of imidazole rings is 1. The smallest absolute Gasteiger partial charge is 0.175 e. The van der Waals surface area contributed by atoms with Gasteiger partial charge in [-0.25, -0.2) is 18.4 Å².